The SMILES string of the molecule is C=C(F)N1CCOC1=O. The molecule has 0 unspecified atom stereocenters. The Balaban J connectivity index is 2.60. The lowest BCUT2D eigenvalue weighted by Gasteiger charge is -2.05. The fourth-order valence-corrected chi connectivity index (χ4v) is 0.614. The lowest BCUT2D eigenvalue weighted by Crippen LogP contribution is -2.20. The van der Waals surface area contributed by atoms with Crippen molar-refractivity contribution in [3.63, 3.8) is 0 Å². The van der Waals surface area contributed by atoms with Crippen LogP contribution in [0.3, 0.4) is 0 Å². The number of carbonyl (C=O) groups is 1. The number of ether oxygens (including phenoxy) is 1. The van der Waals surface area contributed by atoms with E-state index in [1.165, 1.54) is 0 Å². The highest BCUT2D eigenvalue weighted by molar-refractivity contribution is 5.70. The lowest BCUT2D eigenvalue weighted by molar-refractivity contribution is 0.159. The first kappa shape index (κ1) is 6.07. The molecule has 1 amide bonds. The van der Waals surface area contributed by atoms with Gasteiger partial charge in [0.25, 0.3) is 0 Å². The van der Waals surface area contributed by atoms with Gasteiger partial charge in [-0.3, -0.25) is 4.90 Å². The summed E-state index contributed by atoms with van der Waals surface area (Å²) in [4.78, 5) is 11.3. The van der Waals surface area contributed by atoms with E-state index >= 15 is 0 Å². The summed E-state index contributed by atoms with van der Waals surface area (Å²) in [6, 6.07) is 0. The number of hydrogen-bond donors (Lipinski definition) is 0. The fraction of sp³-hybridized carbons (Fsp3) is 0.400. The Morgan fingerprint density at radius 1 is 1.89 bits per heavy atom. The van der Waals surface area contributed by atoms with E-state index < -0.39 is 12.0 Å². The van der Waals surface area contributed by atoms with Crippen molar-refractivity contribution in [2.24, 2.45) is 0 Å². The fourth-order valence-electron chi connectivity index (χ4n) is 0.614. The topological polar surface area (TPSA) is 29.5 Å². The van der Waals surface area contributed by atoms with Gasteiger partial charge in [0.1, 0.15) is 6.61 Å². The van der Waals surface area contributed by atoms with Crippen LogP contribution in [0.2, 0.25) is 0 Å². The van der Waals surface area contributed by atoms with Crippen LogP contribution in [0.15, 0.2) is 12.5 Å². The average Bonchev–Trinajstić information content (AvgIpc) is 2.13. The highest BCUT2D eigenvalue weighted by Crippen LogP contribution is 2.10. The Bertz CT molecular complexity index is 157. The van der Waals surface area contributed by atoms with Gasteiger partial charge in [-0.2, -0.15) is 4.39 Å². The van der Waals surface area contributed by atoms with E-state index in [2.05, 4.69) is 11.3 Å². The standard InChI is InChI=1S/C5H6FNO2/c1-4(6)7-2-3-9-5(7)8/h1-3H2. The van der Waals surface area contributed by atoms with Gasteiger partial charge in [0, 0.05) is 0 Å². The van der Waals surface area contributed by atoms with Gasteiger partial charge in [-0.25, -0.2) is 4.79 Å². The van der Waals surface area contributed by atoms with Crippen LogP contribution in [0.25, 0.3) is 0 Å². The number of halogens is 1. The van der Waals surface area contributed by atoms with Gasteiger partial charge < -0.3 is 4.74 Å². The minimum atomic E-state index is -0.752. The van der Waals surface area contributed by atoms with Crippen molar-refractivity contribution in [2.75, 3.05) is 13.2 Å². The quantitative estimate of drug-likeness (QED) is 0.494. The molecule has 0 aromatic carbocycles. The van der Waals surface area contributed by atoms with Crippen molar-refractivity contribution < 1.29 is 13.9 Å². The van der Waals surface area contributed by atoms with Gasteiger partial charge in [-0.1, -0.05) is 0 Å². The second-order valence-electron chi connectivity index (χ2n) is 1.64. The van der Waals surface area contributed by atoms with Gasteiger partial charge in [-0.15, -0.1) is 0 Å². The molecule has 0 atom stereocenters. The molecule has 9 heavy (non-hydrogen) atoms. The molecule has 0 saturated carbocycles. The maximum absolute atomic E-state index is 12.1. The summed E-state index contributed by atoms with van der Waals surface area (Å²) in [5.41, 5.74) is 0. The van der Waals surface area contributed by atoms with Crippen LogP contribution in [0.5, 0.6) is 0 Å². The van der Waals surface area contributed by atoms with E-state index in [1.807, 2.05) is 0 Å². The summed E-state index contributed by atoms with van der Waals surface area (Å²) in [5.74, 6) is -0.752. The van der Waals surface area contributed by atoms with Crippen LogP contribution in [-0.2, 0) is 4.74 Å². The molecule has 0 spiro atoms. The Morgan fingerprint density at radius 2 is 2.56 bits per heavy atom. The minimum absolute atomic E-state index is 0.252. The first-order valence-electron chi connectivity index (χ1n) is 2.50. The number of amides is 1. The van der Waals surface area contributed by atoms with Gasteiger partial charge in [0.15, 0.2) is 5.95 Å². The van der Waals surface area contributed by atoms with E-state index in [9.17, 15) is 9.18 Å². The van der Waals surface area contributed by atoms with Crippen molar-refractivity contribution in [2.45, 2.75) is 0 Å². The third-order valence-corrected chi connectivity index (χ3v) is 1.05. The average molecular weight is 131 g/mol. The molecule has 0 radical (unpaired) electrons. The number of hydrogen-bond acceptors (Lipinski definition) is 2. The summed E-state index contributed by atoms with van der Waals surface area (Å²) >= 11 is 0. The molecular weight excluding hydrogens is 125 g/mol. The first-order valence-corrected chi connectivity index (χ1v) is 2.50. The smallest absolute Gasteiger partial charge is 0.416 e. The molecule has 0 aromatic rings. The van der Waals surface area contributed by atoms with E-state index in [0.717, 1.165) is 4.90 Å². The molecule has 50 valence electrons. The summed E-state index contributed by atoms with van der Waals surface area (Å²) in [7, 11) is 0. The number of carbonyl (C=O) groups excluding carboxylic acids is 1. The summed E-state index contributed by atoms with van der Waals surface area (Å²) in [6.45, 7) is 3.47. The van der Waals surface area contributed by atoms with Crippen molar-refractivity contribution in [1.29, 1.82) is 0 Å². The van der Waals surface area contributed by atoms with Gasteiger partial charge in [-0.05, 0) is 6.58 Å². The van der Waals surface area contributed by atoms with E-state index in [1.54, 1.807) is 0 Å². The Labute approximate surface area is 51.7 Å². The molecule has 4 heteroatoms. The highest BCUT2D eigenvalue weighted by atomic mass is 19.1. The molecule has 0 bridgehead atoms. The van der Waals surface area contributed by atoms with Gasteiger partial charge >= 0.3 is 6.09 Å². The molecule has 1 fully saturated rings. The molecule has 1 heterocycles. The largest absolute Gasteiger partial charge is 0.447 e. The predicted octanol–water partition coefficient (Wildman–Crippen LogP) is 0.879. The van der Waals surface area contributed by atoms with Crippen molar-refractivity contribution in [1.82, 2.24) is 4.90 Å². The molecule has 0 aliphatic carbocycles. The van der Waals surface area contributed by atoms with Crippen LogP contribution in [-0.4, -0.2) is 24.1 Å². The van der Waals surface area contributed by atoms with Crippen LogP contribution in [0.4, 0.5) is 9.18 Å². The van der Waals surface area contributed by atoms with E-state index in [0.29, 0.717) is 0 Å². The minimum Gasteiger partial charge on any atom is -0.447 e. The number of nitrogens with zero attached hydrogens (tertiary/aromatic N) is 1. The second kappa shape index (κ2) is 2.05. The summed E-state index contributed by atoms with van der Waals surface area (Å²) < 4.78 is 16.5. The predicted molar refractivity (Wildman–Crippen MR) is 28.3 cm³/mol. The third-order valence-electron chi connectivity index (χ3n) is 1.05. The summed E-state index contributed by atoms with van der Waals surface area (Å²) in [5, 5.41) is 0. The lowest BCUT2D eigenvalue weighted by atomic mass is 10.6. The van der Waals surface area contributed by atoms with Crippen LogP contribution >= 0.6 is 0 Å². The second-order valence-corrected chi connectivity index (χ2v) is 1.64. The monoisotopic (exact) mass is 131 g/mol. The Hall–Kier alpha value is -1.06. The maximum Gasteiger partial charge on any atom is 0.416 e. The molecular formula is C5H6FNO2. The highest BCUT2D eigenvalue weighted by Gasteiger charge is 2.23. The Kier molecular flexibility index (Phi) is 1.38. The molecule has 1 aliphatic rings. The normalized spacial score (nSPS) is 17.9. The van der Waals surface area contributed by atoms with Gasteiger partial charge in [0.2, 0.25) is 0 Å². The number of rotatable bonds is 1. The third kappa shape index (κ3) is 1.01. The zero-order valence-corrected chi connectivity index (χ0v) is 4.76. The van der Waals surface area contributed by atoms with Crippen molar-refractivity contribution in [3.05, 3.63) is 12.5 Å². The molecule has 1 rings (SSSR count). The molecule has 1 saturated heterocycles. The number of cyclic esters (lactones) is 1. The molecule has 0 N–H and O–H groups in total. The van der Waals surface area contributed by atoms with E-state index in [-0.39, 0.29) is 13.2 Å². The maximum atomic E-state index is 12.1. The van der Waals surface area contributed by atoms with Crippen LogP contribution in [0, 0.1) is 0 Å². The zero-order chi connectivity index (χ0) is 6.85. The zero-order valence-electron chi connectivity index (χ0n) is 4.76. The molecule has 1 aliphatic heterocycles. The molecule has 3 nitrogen and oxygen atoms in total. The van der Waals surface area contributed by atoms with Crippen LogP contribution < -0.4 is 0 Å². The van der Waals surface area contributed by atoms with Crippen molar-refractivity contribution >= 4 is 6.09 Å². The van der Waals surface area contributed by atoms with Gasteiger partial charge in [0.05, 0.1) is 6.54 Å². The first-order chi connectivity index (χ1) is 4.22. The Morgan fingerprint density at radius 3 is 2.78 bits per heavy atom. The summed E-state index contributed by atoms with van der Waals surface area (Å²) in [6.07, 6.45) is -0.650. The van der Waals surface area contributed by atoms with E-state index in [4.69, 9.17) is 0 Å². The van der Waals surface area contributed by atoms with Crippen molar-refractivity contribution in [3.8, 4) is 0 Å². The molecule has 0 aromatic heterocycles. The van der Waals surface area contributed by atoms with Crippen LogP contribution in [0.1, 0.15) is 0 Å².